The summed E-state index contributed by atoms with van der Waals surface area (Å²) in [6.07, 6.45) is 0.103. The molecule has 0 aliphatic rings. The van der Waals surface area contributed by atoms with Crippen LogP contribution in [0.4, 0.5) is 8.78 Å². The summed E-state index contributed by atoms with van der Waals surface area (Å²) in [6.45, 7) is 0. The molecule has 92 valence electrons. The van der Waals surface area contributed by atoms with Crippen LogP contribution in [0.2, 0.25) is 5.02 Å². The lowest BCUT2D eigenvalue weighted by Crippen LogP contribution is -2.04. The highest BCUT2D eigenvalue weighted by atomic mass is 35.5. The van der Waals surface area contributed by atoms with Gasteiger partial charge < -0.3 is 0 Å². The Kier molecular flexibility index (Phi) is 3.72. The van der Waals surface area contributed by atoms with Crippen LogP contribution in [0.3, 0.4) is 0 Å². The van der Waals surface area contributed by atoms with E-state index in [1.54, 1.807) is 0 Å². The van der Waals surface area contributed by atoms with Gasteiger partial charge in [-0.05, 0) is 35.9 Å². The average Bonchev–Trinajstić information content (AvgIpc) is 2.32. The van der Waals surface area contributed by atoms with Crippen LogP contribution in [0.1, 0.15) is 15.9 Å². The van der Waals surface area contributed by atoms with Gasteiger partial charge in [-0.15, -0.1) is 0 Å². The molecule has 0 heterocycles. The molecule has 0 N–H and O–H groups in total. The number of hydrogen-bond donors (Lipinski definition) is 0. The molecule has 1 nitrogen and oxygen atoms in total. The van der Waals surface area contributed by atoms with Crippen LogP contribution >= 0.6 is 11.6 Å². The van der Waals surface area contributed by atoms with E-state index in [1.807, 2.05) is 0 Å². The molecule has 0 saturated heterocycles. The Labute approximate surface area is 108 Å². The quantitative estimate of drug-likeness (QED) is 0.766. The normalized spacial score (nSPS) is 10.4. The van der Waals surface area contributed by atoms with Gasteiger partial charge in [0.1, 0.15) is 11.6 Å². The summed E-state index contributed by atoms with van der Waals surface area (Å²) in [5.41, 5.74) is 0.948. The van der Waals surface area contributed by atoms with Gasteiger partial charge in [0.15, 0.2) is 5.78 Å². The average molecular weight is 267 g/mol. The molecular formula is C14H9ClF2O. The third kappa shape index (κ3) is 2.93. The van der Waals surface area contributed by atoms with Crippen molar-refractivity contribution >= 4 is 17.4 Å². The maximum absolute atomic E-state index is 12.8. The van der Waals surface area contributed by atoms with Crippen molar-refractivity contribution in [3.05, 3.63) is 70.2 Å². The van der Waals surface area contributed by atoms with Gasteiger partial charge in [0.05, 0.1) is 5.02 Å². The first-order chi connectivity index (χ1) is 8.56. The predicted molar refractivity (Wildman–Crippen MR) is 65.8 cm³/mol. The smallest absolute Gasteiger partial charge is 0.168 e. The molecule has 0 aliphatic heterocycles. The molecule has 0 radical (unpaired) electrons. The van der Waals surface area contributed by atoms with Crippen molar-refractivity contribution in [1.29, 1.82) is 0 Å². The first-order valence-corrected chi connectivity index (χ1v) is 5.67. The molecule has 0 spiro atoms. The zero-order valence-electron chi connectivity index (χ0n) is 9.29. The molecule has 2 aromatic rings. The van der Waals surface area contributed by atoms with E-state index >= 15 is 0 Å². The molecule has 0 fully saturated rings. The summed E-state index contributed by atoms with van der Waals surface area (Å²) in [4.78, 5) is 11.9. The van der Waals surface area contributed by atoms with E-state index in [0.717, 1.165) is 6.07 Å². The minimum atomic E-state index is -0.488. The third-order valence-electron chi connectivity index (χ3n) is 2.51. The Morgan fingerprint density at radius 1 is 1.00 bits per heavy atom. The maximum atomic E-state index is 12.8. The molecule has 2 aromatic carbocycles. The number of halogens is 3. The van der Waals surface area contributed by atoms with Gasteiger partial charge in [-0.2, -0.15) is 0 Å². The largest absolute Gasteiger partial charge is 0.294 e. The zero-order chi connectivity index (χ0) is 13.1. The molecule has 4 heteroatoms. The van der Waals surface area contributed by atoms with Crippen LogP contribution in [-0.2, 0) is 6.42 Å². The van der Waals surface area contributed by atoms with Gasteiger partial charge >= 0.3 is 0 Å². The lowest BCUT2D eigenvalue weighted by Gasteiger charge is -2.04. The van der Waals surface area contributed by atoms with Crippen LogP contribution < -0.4 is 0 Å². The van der Waals surface area contributed by atoms with Crippen molar-refractivity contribution in [2.75, 3.05) is 0 Å². The molecule has 0 saturated carbocycles. The fourth-order valence-electron chi connectivity index (χ4n) is 1.60. The maximum Gasteiger partial charge on any atom is 0.168 e. The van der Waals surface area contributed by atoms with E-state index in [2.05, 4.69) is 0 Å². The molecular weight excluding hydrogens is 258 g/mol. The topological polar surface area (TPSA) is 17.1 Å². The van der Waals surface area contributed by atoms with Crippen molar-refractivity contribution < 1.29 is 13.6 Å². The second-order valence-corrected chi connectivity index (χ2v) is 4.26. The Balaban J connectivity index is 2.19. The summed E-state index contributed by atoms with van der Waals surface area (Å²) in [7, 11) is 0. The Hall–Kier alpha value is -1.74. The van der Waals surface area contributed by atoms with Gasteiger partial charge in [0.2, 0.25) is 0 Å². The van der Waals surface area contributed by atoms with Crippen LogP contribution in [0.25, 0.3) is 0 Å². The fourth-order valence-corrected chi connectivity index (χ4v) is 1.87. The SMILES string of the molecule is O=C(Cc1ccc(F)cc1)c1ccc(F)cc1Cl. The summed E-state index contributed by atoms with van der Waals surface area (Å²) in [6, 6.07) is 9.27. The first kappa shape index (κ1) is 12.7. The molecule has 0 unspecified atom stereocenters. The highest BCUT2D eigenvalue weighted by Crippen LogP contribution is 2.19. The van der Waals surface area contributed by atoms with E-state index in [1.165, 1.54) is 36.4 Å². The number of ketones is 1. The Morgan fingerprint density at radius 2 is 1.61 bits per heavy atom. The number of rotatable bonds is 3. The van der Waals surface area contributed by atoms with Crippen LogP contribution in [0.5, 0.6) is 0 Å². The fraction of sp³-hybridized carbons (Fsp3) is 0.0714. The standard InChI is InChI=1S/C14H9ClF2O/c15-13-8-11(17)5-6-12(13)14(18)7-9-1-3-10(16)4-2-9/h1-6,8H,7H2. The van der Waals surface area contributed by atoms with Crippen LogP contribution in [-0.4, -0.2) is 5.78 Å². The second-order valence-electron chi connectivity index (χ2n) is 3.85. The second kappa shape index (κ2) is 5.27. The minimum Gasteiger partial charge on any atom is -0.294 e. The number of Topliss-reactive ketones (excluding diaryl/α,β-unsaturated/α-hetero) is 1. The van der Waals surface area contributed by atoms with Gasteiger partial charge in [-0.25, -0.2) is 8.78 Å². The van der Waals surface area contributed by atoms with Crippen molar-refractivity contribution in [2.24, 2.45) is 0 Å². The highest BCUT2D eigenvalue weighted by molar-refractivity contribution is 6.34. The number of carbonyl (C=O) groups is 1. The minimum absolute atomic E-state index is 0.0853. The van der Waals surface area contributed by atoms with Crippen molar-refractivity contribution in [3.8, 4) is 0 Å². The van der Waals surface area contributed by atoms with Gasteiger partial charge in [-0.1, -0.05) is 23.7 Å². The molecule has 2 rings (SSSR count). The number of benzene rings is 2. The van der Waals surface area contributed by atoms with Gasteiger partial charge in [0, 0.05) is 12.0 Å². The van der Waals surface area contributed by atoms with Crippen molar-refractivity contribution in [1.82, 2.24) is 0 Å². The molecule has 0 amide bonds. The molecule has 0 aromatic heterocycles. The summed E-state index contributed by atoms with van der Waals surface area (Å²) in [5, 5.41) is 0.0853. The van der Waals surface area contributed by atoms with E-state index in [-0.39, 0.29) is 28.6 Å². The lowest BCUT2D eigenvalue weighted by atomic mass is 10.0. The van der Waals surface area contributed by atoms with Crippen LogP contribution in [0, 0.1) is 11.6 Å². The molecule has 18 heavy (non-hydrogen) atoms. The summed E-state index contributed by atoms with van der Waals surface area (Å²) < 4.78 is 25.6. The monoisotopic (exact) mass is 266 g/mol. The van der Waals surface area contributed by atoms with E-state index in [9.17, 15) is 13.6 Å². The van der Waals surface area contributed by atoms with Crippen molar-refractivity contribution in [2.45, 2.75) is 6.42 Å². The van der Waals surface area contributed by atoms with Crippen molar-refractivity contribution in [3.63, 3.8) is 0 Å². The van der Waals surface area contributed by atoms with E-state index < -0.39 is 5.82 Å². The highest BCUT2D eigenvalue weighted by Gasteiger charge is 2.11. The molecule has 0 atom stereocenters. The molecule has 0 bridgehead atoms. The lowest BCUT2D eigenvalue weighted by molar-refractivity contribution is 0.0993. The Morgan fingerprint density at radius 3 is 2.22 bits per heavy atom. The van der Waals surface area contributed by atoms with E-state index in [0.29, 0.717) is 5.56 Å². The summed E-state index contributed by atoms with van der Waals surface area (Å²) >= 11 is 5.80. The first-order valence-electron chi connectivity index (χ1n) is 5.29. The Bertz CT molecular complexity index is 579. The van der Waals surface area contributed by atoms with Gasteiger partial charge in [0.25, 0.3) is 0 Å². The zero-order valence-corrected chi connectivity index (χ0v) is 10.0. The number of hydrogen-bond acceptors (Lipinski definition) is 1. The molecule has 0 aliphatic carbocycles. The number of carbonyl (C=O) groups excluding carboxylic acids is 1. The van der Waals surface area contributed by atoms with Crippen LogP contribution in [0.15, 0.2) is 42.5 Å². The van der Waals surface area contributed by atoms with Gasteiger partial charge in [-0.3, -0.25) is 4.79 Å². The predicted octanol–water partition coefficient (Wildman–Crippen LogP) is 4.04. The third-order valence-corrected chi connectivity index (χ3v) is 2.82. The van der Waals surface area contributed by atoms with E-state index in [4.69, 9.17) is 11.6 Å². The summed E-state index contributed by atoms with van der Waals surface area (Å²) in [5.74, 6) is -1.07.